The lowest BCUT2D eigenvalue weighted by Crippen LogP contribution is -2.12. The van der Waals surface area contributed by atoms with Gasteiger partial charge in [-0.1, -0.05) is 13.3 Å². The molecule has 12 heavy (non-hydrogen) atoms. The predicted octanol–water partition coefficient (Wildman–Crippen LogP) is 2.02. The molecule has 0 aliphatic heterocycles. The van der Waals surface area contributed by atoms with Gasteiger partial charge < -0.3 is 5.11 Å². The lowest BCUT2D eigenvalue weighted by molar-refractivity contribution is -0.136. The minimum atomic E-state index is -2.04. The molecule has 0 aromatic rings. The summed E-state index contributed by atoms with van der Waals surface area (Å²) in [6.07, 6.45) is 1.76. The van der Waals surface area contributed by atoms with Crippen LogP contribution in [0.5, 0.6) is 0 Å². The molecule has 0 saturated heterocycles. The highest BCUT2D eigenvalue weighted by Crippen LogP contribution is 2.29. The van der Waals surface area contributed by atoms with Gasteiger partial charge in [-0.05, 0) is 17.9 Å². The van der Waals surface area contributed by atoms with Gasteiger partial charge in [-0.15, -0.1) is 4.52 Å². The SMILES string of the molecule is CCCCO[P+](=O)C(C)C(=O)O. The Morgan fingerprint density at radius 3 is 2.67 bits per heavy atom. The van der Waals surface area contributed by atoms with Gasteiger partial charge in [0.1, 0.15) is 6.61 Å². The molecular formula is C7H14O4P+. The van der Waals surface area contributed by atoms with Gasteiger partial charge in [0.15, 0.2) is 0 Å². The van der Waals surface area contributed by atoms with E-state index in [1.54, 1.807) is 0 Å². The van der Waals surface area contributed by atoms with Gasteiger partial charge in [-0.25, -0.2) is 4.79 Å². The van der Waals surface area contributed by atoms with Crippen molar-refractivity contribution < 1.29 is 19.0 Å². The number of hydrogen-bond acceptors (Lipinski definition) is 3. The zero-order chi connectivity index (χ0) is 9.56. The van der Waals surface area contributed by atoms with Gasteiger partial charge in [-0.2, -0.15) is 0 Å². The van der Waals surface area contributed by atoms with E-state index in [-0.39, 0.29) is 0 Å². The summed E-state index contributed by atoms with van der Waals surface area (Å²) >= 11 is 0. The zero-order valence-corrected chi connectivity index (χ0v) is 8.21. The summed E-state index contributed by atoms with van der Waals surface area (Å²) < 4.78 is 15.8. The lowest BCUT2D eigenvalue weighted by atomic mass is 10.4. The summed E-state index contributed by atoms with van der Waals surface area (Å²) in [5, 5.41) is 8.45. The second kappa shape index (κ2) is 6.09. The number of aliphatic carboxylic acids is 1. The average molecular weight is 193 g/mol. The fourth-order valence-electron chi connectivity index (χ4n) is 0.501. The van der Waals surface area contributed by atoms with Gasteiger partial charge in [-0.3, -0.25) is 0 Å². The molecule has 0 aromatic carbocycles. The van der Waals surface area contributed by atoms with E-state index in [0.717, 1.165) is 12.8 Å². The van der Waals surface area contributed by atoms with Gasteiger partial charge in [0.2, 0.25) is 0 Å². The van der Waals surface area contributed by atoms with E-state index in [0.29, 0.717) is 6.61 Å². The average Bonchev–Trinajstić information content (AvgIpc) is 2.03. The summed E-state index contributed by atoms with van der Waals surface area (Å²) in [5.74, 6) is -1.08. The first-order valence-corrected chi connectivity index (χ1v) is 5.16. The standard InChI is InChI=1S/C7H13O4P/c1-3-4-5-11-12(10)6(2)7(8)9/h6H,3-5H2,1-2H3/p+1. The maximum atomic E-state index is 11.0. The Morgan fingerprint density at radius 1 is 1.67 bits per heavy atom. The molecule has 2 unspecified atom stereocenters. The molecule has 0 saturated carbocycles. The zero-order valence-electron chi connectivity index (χ0n) is 7.32. The minimum absolute atomic E-state index is 0.378. The monoisotopic (exact) mass is 193 g/mol. The van der Waals surface area contributed by atoms with Gasteiger partial charge in [0.05, 0.1) is 0 Å². The molecule has 0 aliphatic rings. The van der Waals surface area contributed by atoms with Gasteiger partial charge >= 0.3 is 14.0 Å². The van der Waals surface area contributed by atoms with E-state index in [1.807, 2.05) is 6.92 Å². The van der Waals surface area contributed by atoms with Crippen LogP contribution in [-0.4, -0.2) is 23.3 Å². The highest BCUT2D eigenvalue weighted by molar-refractivity contribution is 7.41. The minimum Gasteiger partial charge on any atom is -0.478 e. The Bertz CT molecular complexity index is 169. The van der Waals surface area contributed by atoms with Crippen molar-refractivity contribution in [2.24, 2.45) is 0 Å². The third kappa shape index (κ3) is 4.42. The Balaban J connectivity index is 3.65. The maximum Gasteiger partial charge on any atom is 0.523 e. The molecule has 1 N–H and O–H groups in total. The molecule has 0 aromatic heterocycles. The Hall–Kier alpha value is -0.470. The van der Waals surface area contributed by atoms with E-state index in [4.69, 9.17) is 9.63 Å². The summed E-state index contributed by atoms with van der Waals surface area (Å²) in [6.45, 7) is 3.74. The predicted molar refractivity (Wildman–Crippen MR) is 45.6 cm³/mol. The first-order chi connectivity index (χ1) is 5.59. The van der Waals surface area contributed by atoms with Crippen LogP contribution in [0.15, 0.2) is 0 Å². The normalized spacial score (nSPS) is 14.0. The van der Waals surface area contributed by atoms with Crippen molar-refractivity contribution in [3.8, 4) is 0 Å². The smallest absolute Gasteiger partial charge is 0.478 e. The van der Waals surface area contributed by atoms with E-state index < -0.39 is 19.7 Å². The second-order valence-corrected chi connectivity index (χ2v) is 4.09. The first-order valence-electron chi connectivity index (χ1n) is 3.91. The Morgan fingerprint density at radius 2 is 2.25 bits per heavy atom. The van der Waals surface area contributed by atoms with Crippen LogP contribution < -0.4 is 0 Å². The van der Waals surface area contributed by atoms with Crippen molar-refractivity contribution in [3.05, 3.63) is 0 Å². The summed E-state index contributed by atoms with van der Waals surface area (Å²) in [4.78, 5) is 10.3. The molecule has 0 spiro atoms. The molecule has 0 radical (unpaired) electrons. The van der Waals surface area contributed by atoms with Crippen molar-refractivity contribution in [2.75, 3.05) is 6.61 Å². The molecule has 0 fully saturated rings. The number of carbonyl (C=O) groups is 1. The fraction of sp³-hybridized carbons (Fsp3) is 0.857. The van der Waals surface area contributed by atoms with Crippen LogP contribution in [0.3, 0.4) is 0 Å². The van der Waals surface area contributed by atoms with Crippen LogP contribution in [0.4, 0.5) is 0 Å². The highest BCUT2D eigenvalue weighted by atomic mass is 31.1. The van der Waals surface area contributed by atoms with Crippen LogP contribution in [0, 0.1) is 0 Å². The number of hydrogen-bond donors (Lipinski definition) is 1. The third-order valence-electron chi connectivity index (χ3n) is 1.39. The molecule has 2 atom stereocenters. The van der Waals surface area contributed by atoms with Crippen molar-refractivity contribution in [1.29, 1.82) is 0 Å². The quantitative estimate of drug-likeness (QED) is 0.517. The molecule has 0 rings (SSSR count). The molecule has 0 aliphatic carbocycles. The van der Waals surface area contributed by atoms with Crippen LogP contribution in [-0.2, 0) is 13.9 Å². The molecule has 0 heterocycles. The largest absolute Gasteiger partial charge is 0.523 e. The topological polar surface area (TPSA) is 63.6 Å². The first kappa shape index (κ1) is 11.5. The van der Waals surface area contributed by atoms with Crippen LogP contribution in [0.25, 0.3) is 0 Å². The summed E-state index contributed by atoms with van der Waals surface area (Å²) in [6, 6.07) is 0. The van der Waals surface area contributed by atoms with E-state index in [9.17, 15) is 9.36 Å². The van der Waals surface area contributed by atoms with Crippen LogP contribution in [0.2, 0.25) is 0 Å². The van der Waals surface area contributed by atoms with Crippen molar-refractivity contribution in [3.63, 3.8) is 0 Å². The van der Waals surface area contributed by atoms with E-state index >= 15 is 0 Å². The summed E-state index contributed by atoms with van der Waals surface area (Å²) in [7, 11) is -2.04. The molecule has 0 amide bonds. The molecule has 5 heteroatoms. The molecule has 70 valence electrons. The lowest BCUT2D eigenvalue weighted by Gasteiger charge is -1.92. The third-order valence-corrected chi connectivity index (χ3v) is 2.68. The fourth-order valence-corrected chi connectivity index (χ4v) is 1.21. The maximum absolute atomic E-state index is 11.0. The van der Waals surface area contributed by atoms with Crippen molar-refractivity contribution >= 4 is 14.0 Å². The number of carboxylic acids is 1. The van der Waals surface area contributed by atoms with E-state index in [2.05, 4.69) is 0 Å². The van der Waals surface area contributed by atoms with Crippen LogP contribution >= 0.6 is 8.03 Å². The van der Waals surface area contributed by atoms with Crippen molar-refractivity contribution in [1.82, 2.24) is 0 Å². The van der Waals surface area contributed by atoms with E-state index in [1.165, 1.54) is 6.92 Å². The van der Waals surface area contributed by atoms with Gasteiger partial charge in [0, 0.05) is 0 Å². The second-order valence-electron chi connectivity index (χ2n) is 2.49. The molecular weight excluding hydrogens is 179 g/mol. The van der Waals surface area contributed by atoms with Gasteiger partial charge in [0.25, 0.3) is 5.66 Å². The van der Waals surface area contributed by atoms with Crippen LogP contribution in [0.1, 0.15) is 26.7 Å². The molecule has 4 nitrogen and oxygen atoms in total. The Labute approximate surface area is 72.8 Å². The van der Waals surface area contributed by atoms with Crippen molar-refractivity contribution in [2.45, 2.75) is 32.3 Å². The summed E-state index contributed by atoms with van der Waals surface area (Å²) in [5.41, 5.74) is -0.906. The number of unbranched alkanes of at least 4 members (excludes halogenated alkanes) is 1. The highest BCUT2D eigenvalue weighted by Gasteiger charge is 2.34. The number of carboxylic acid groups (broad SMARTS) is 1. The molecule has 0 bridgehead atoms. The Kier molecular flexibility index (Phi) is 5.85. The number of rotatable bonds is 6.